The van der Waals surface area contributed by atoms with Crippen molar-refractivity contribution < 1.29 is 9.53 Å². The van der Waals surface area contributed by atoms with Gasteiger partial charge in [-0.25, -0.2) is 0 Å². The Labute approximate surface area is 79.9 Å². The summed E-state index contributed by atoms with van der Waals surface area (Å²) in [7, 11) is 0. The zero-order valence-electron chi connectivity index (χ0n) is 7.32. The van der Waals surface area contributed by atoms with E-state index in [0.29, 0.717) is 16.7 Å². The summed E-state index contributed by atoms with van der Waals surface area (Å²) >= 11 is 1.20. The van der Waals surface area contributed by atoms with Crippen LogP contribution in [0, 0.1) is 0 Å². The molecule has 0 spiro atoms. The average Bonchev–Trinajstić information content (AvgIpc) is 2.48. The summed E-state index contributed by atoms with van der Waals surface area (Å²) in [5.41, 5.74) is 5.35. The Bertz CT molecular complexity index is 287. The van der Waals surface area contributed by atoms with E-state index in [0.717, 1.165) is 6.42 Å². The van der Waals surface area contributed by atoms with Crippen LogP contribution in [0.4, 0.5) is 5.13 Å². The Morgan fingerprint density at radius 1 is 1.62 bits per heavy atom. The number of carbonyl (C=O) groups excluding carboxylic acids is 1. The summed E-state index contributed by atoms with van der Waals surface area (Å²) in [4.78, 5) is 11.1. The molecule has 0 unspecified atom stereocenters. The van der Waals surface area contributed by atoms with Gasteiger partial charge in [-0.15, -0.1) is 10.2 Å². The highest BCUT2D eigenvalue weighted by atomic mass is 32.1. The second-order valence-electron chi connectivity index (χ2n) is 2.43. The van der Waals surface area contributed by atoms with Gasteiger partial charge in [0.15, 0.2) is 0 Å². The molecule has 0 aromatic carbocycles. The van der Waals surface area contributed by atoms with Crippen molar-refractivity contribution in [2.24, 2.45) is 0 Å². The van der Waals surface area contributed by atoms with Gasteiger partial charge >= 0.3 is 5.97 Å². The standard InChI is InChI=1S/C7H11N3O2S/c1-2-3-12-6(11)4-5-9-10-7(8)13-5/h2-4H2,1H3,(H2,8,10). The molecule has 1 aromatic rings. The minimum Gasteiger partial charge on any atom is -0.465 e. The zero-order chi connectivity index (χ0) is 9.68. The Kier molecular flexibility index (Phi) is 3.63. The number of hydrogen-bond donors (Lipinski definition) is 1. The molecule has 0 bridgehead atoms. The highest BCUT2D eigenvalue weighted by molar-refractivity contribution is 7.15. The van der Waals surface area contributed by atoms with Crippen molar-refractivity contribution in [1.82, 2.24) is 10.2 Å². The van der Waals surface area contributed by atoms with E-state index < -0.39 is 0 Å². The van der Waals surface area contributed by atoms with Crippen LogP contribution in [0.15, 0.2) is 0 Å². The van der Waals surface area contributed by atoms with Crippen LogP contribution in [0.1, 0.15) is 18.4 Å². The number of ether oxygens (including phenoxy) is 1. The topological polar surface area (TPSA) is 78.1 Å². The van der Waals surface area contributed by atoms with Crippen molar-refractivity contribution in [3.05, 3.63) is 5.01 Å². The molecule has 1 rings (SSSR count). The molecule has 0 atom stereocenters. The number of aromatic nitrogens is 2. The van der Waals surface area contributed by atoms with E-state index in [1.807, 2.05) is 6.92 Å². The summed E-state index contributed by atoms with van der Waals surface area (Å²) in [6.07, 6.45) is 0.985. The summed E-state index contributed by atoms with van der Waals surface area (Å²) < 4.78 is 4.86. The van der Waals surface area contributed by atoms with Crippen LogP contribution in [-0.4, -0.2) is 22.8 Å². The molecular weight excluding hydrogens is 190 g/mol. The maximum Gasteiger partial charge on any atom is 0.312 e. The largest absolute Gasteiger partial charge is 0.465 e. The van der Waals surface area contributed by atoms with Gasteiger partial charge in [0.25, 0.3) is 0 Å². The average molecular weight is 201 g/mol. The first-order chi connectivity index (χ1) is 6.22. The highest BCUT2D eigenvalue weighted by Crippen LogP contribution is 2.11. The molecular formula is C7H11N3O2S. The van der Waals surface area contributed by atoms with Gasteiger partial charge in [-0.3, -0.25) is 4.79 Å². The number of anilines is 1. The highest BCUT2D eigenvalue weighted by Gasteiger charge is 2.08. The van der Waals surface area contributed by atoms with Gasteiger partial charge in [-0.1, -0.05) is 18.3 Å². The summed E-state index contributed by atoms with van der Waals surface area (Å²) in [6.45, 7) is 2.39. The number of nitrogens with zero attached hydrogens (tertiary/aromatic N) is 2. The number of hydrogen-bond acceptors (Lipinski definition) is 6. The van der Waals surface area contributed by atoms with Crippen molar-refractivity contribution in [2.75, 3.05) is 12.3 Å². The fourth-order valence-electron chi connectivity index (χ4n) is 0.728. The smallest absolute Gasteiger partial charge is 0.312 e. The molecule has 0 fully saturated rings. The molecule has 1 aromatic heterocycles. The molecule has 0 radical (unpaired) electrons. The van der Waals surface area contributed by atoms with E-state index in [1.54, 1.807) is 0 Å². The predicted molar refractivity (Wildman–Crippen MR) is 49.3 cm³/mol. The number of carbonyl (C=O) groups is 1. The number of rotatable bonds is 4. The third-order valence-corrected chi connectivity index (χ3v) is 2.00. The normalized spacial score (nSPS) is 9.92. The van der Waals surface area contributed by atoms with Gasteiger partial charge in [0.2, 0.25) is 5.13 Å². The van der Waals surface area contributed by atoms with Crippen LogP contribution in [0.5, 0.6) is 0 Å². The zero-order valence-corrected chi connectivity index (χ0v) is 8.13. The molecule has 0 saturated carbocycles. The number of nitrogen functional groups attached to an aromatic ring is 1. The van der Waals surface area contributed by atoms with Crippen molar-refractivity contribution in [1.29, 1.82) is 0 Å². The molecule has 6 heteroatoms. The van der Waals surface area contributed by atoms with Gasteiger partial charge in [0, 0.05) is 0 Å². The second-order valence-corrected chi connectivity index (χ2v) is 3.52. The van der Waals surface area contributed by atoms with E-state index in [1.165, 1.54) is 11.3 Å². The molecule has 0 aliphatic rings. The number of nitrogens with two attached hydrogens (primary N) is 1. The molecule has 13 heavy (non-hydrogen) atoms. The van der Waals surface area contributed by atoms with Crippen molar-refractivity contribution in [3.8, 4) is 0 Å². The van der Waals surface area contributed by atoms with Crippen LogP contribution in [0.3, 0.4) is 0 Å². The maximum atomic E-state index is 11.1. The van der Waals surface area contributed by atoms with Gasteiger partial charge in [-0.05, 0) is 6.42 Å². The third-order valence-electron chi connectivity index (χ3n) is 1.25. The Morgan fingerprint density at radius 2 is 2.38 bits per heavy atom. The molecule has 0 aliphatic carbocycles. The minimum absolute atomic E-state index is 0.162. The molecule has 5 nitrogen and oxygen atoms in total. The van der Waals surface area contributed by atoms with Crippen LogP contribution in [-0.2, 0) is 16.0 Å². The van der Waals surface area contributed by atoms with Crippen molar-refractivity contribution >= 4 is 22.4 Å². The van der Waals surface area contributed by atoms with E-state index in [-0.39, 0.29) is 12.4 Å². The van der Waals surface area contributed by atoms with E-state index in [4.69, 9.17) is 10.5 Å². The Morgan fingerprint density at radius 3 is 2.92 bits per heavy atom. The molecule has 72 valence electrons. The van der Waals surface area contributed by atoms with E-state index in [9.17, 15) is 4.79 Å². The molecule has 0 aliphatic heterocycles. The van der Waals surface area contributed by atoms with Crippen LogP contribution in [0.25, 0.3) is 0 Å². The lowest BCUT2D eigenvalue weighted by molar-refractivity contribution is -0.142. The first kappa shape index (κ1) is 9.91. The van der Waals surface area contributed by atoms with Crippen LogP contribution >= 0.6 is 11.3 Å². The lowest BCUT2D eigenvalue weighted by atomic mass is 10.4. The van der Waals surface area contributed by atoms with Gasteiger partial charge in [0.1, 0.15) is 5.01 Å². The minimum atomic E-state index is -0.280. The van der Waals surface area contributed by atoms with Crippen LogP contribution < -0.4 is 5.73 Å². The first-order valence-electron chi connectivity index (χ1n) is 3.96. The molecule has 1 heterocycles. The fourth-order valence-corrected chi connectivity index (χ4v) is 1.32. The third kappa shape index (κ3) is 3.37. The Balaban J connectivity index is 2.36. The predicted octanol–water partition coefficient (Wildman–Crippen LogP) is 0.616. The SMILES string of the molecule is CCCOC(=O)Cc1nnc(N)s1. The van der Waals surface area contributed by atoms with Crippen molar-refractivity contribution in [3.63, 3.8) is 0 Å². The van der Waals surface area contributed by atoms with Gasteiger partial charge in [0.05, 0.1) is 13.0 Å². The fraction of sp³-hybridized carbons (Fsp3) is 0.571. The molecule has 0 amide bonds. The van der Waals surface area contributed by atoms with E-state index >= 15 is 0 Å². The summed E-state index contributed by atoms with van der Waals surface area (Å²) in [5.74, 6) is -0.280. The van der Waals surface area contributed by atoms with Crippen molar-refractivity contribution in [2.45, 2.75) is 19.8 Å². The number of esters is 1. The first-order valence-corrected chi connectivity index (χ1v) is 4.77. The second kappa shape index (κ2) is 4.76. The molecule has 2 N–H and O–H groups in total. The van der Waals surface area contributed by atoms with Gasteiger partial charge < -0.3 is 10.5 Å². The quantitative estimate of drug-likeness (QED) is 0.722. The lowest BCUT2D eigenvalue weighted by Crippen LogP contribution is -2.08. The molecule has 0 saturated heterocycles. The Hall–Kier alpha value is -1.17. The summed E-state index contributed by atoms with van der Waals surface area (Å²) in [5, 5.41) is 8.26. The summed E-state index contributed by atoms with van der Waals surface area (Å²) in [6, 6.07) is 0. The van der Waals surface area contributed by atoms with E-state index in [2.05, 4.69) is 10.2 Å². The maximum absolute atomic E-state index is 11.1. The van der Waals surface area contributed by atoms with Gasteiger partial charge in [-0.2, -0.15) is 0 Å². The lowest BCUT2D eigenvalue weighted by Gasteiger charge is -1.99. The van der Waals surface area contributed by atoms with Crippen LogP contribution in [0.2, 0.25) is 0 Å². The monoisotopic (exact) mass is 201 g/mol.